The molecule has 1 aromatic carbocycles. The maximum Gasteiger partial charge on any atom is 0.508 e. The van der Waals surface area contributed by atoms with Gasteiger partial charge in [0.2, 0.25) is 5.95 Å². The number of anilines is 2. The van der Waals surface area contributed by atoms with E-state index in [4.69, 9.17) is 54.2 Å². The molecule has 170 valence electrons. The Balaban J connectivity index is 1.49. The van der Waals surface area contributed by atoms with Crippen molar-refractivity contribution in [1.29, 1.82) is 0 Å². The van der Waals surface area contributed by atoms with Crippen LogP contribution < -0.4 is 10.2 Å². The van der Waals surface area contributed by atoms with Gasteiger partial charge in [-0.2, -0.15) is 4.98 Å². The number of nitrogens with one attached hydrogen (secondary N) is 1. The van der Waals surface area contributed by atoms with E-state index in [0.29, 0.717) is 65.2 Å². The van der Waals surface area contributed by atoms with Crippen LogP contribution in [0.2, 0.25) is 14.4 Å². The Morgan fingerprint density at radius 3 is 2.69 bits per heavy atom. The molecule has 1 saturated heterocycles. The van der Waals surface area contributed by atoms with Crippen LogP contribution in [0.1, 0.15) is 25.3 Å². The van der Waals surface area contributed by atoms with Gasteiger partial charge in [0.05, 0.1) is 26.4 Å². The Hall–Kier alpha value is -2.00. The smallest absolute Gasteiger partial charge is 0.435 e. The van der Waals surface area contributed by atoms with Crippen molar-refractivity contribution in [2.75, 3.05) is 29.9 Å². The number of halogens is 3. The summed E-state index contributed by atoms with van der Waals surface area (Å²) in [5.41, 5.74) is 0.978. The highest BCUT2D eigenvalue weighted by Crippen LogP contribution is 2.34. The Morgan fingerprint density at radius 1 is 1.19 bits per heavy atom. The van der Waals surface area contributed by atoms with Gasteiger partial charge in [-0.1, -0.05) is 40.9 Å². The van der Waals surface area contributed by atoms with Crippen molar-refractivity contribution in [2.45, 2.75) is 32.4 Å². The van der Waals surface area contributed by atoms with Crippen LogP contribution in [-0.2, 0) is 16.0 Å². The third kappa shape index (κ3) is 5.49. The number of benzene rings is 1. The summed E-state index contributed by atoms with van der Waals surface area (Å²) in [4.78, 5) is 23.9. The average Bonchev–Trinajstić information content (AvgIpc) is 3.15. The molecule has 0 amide bonds. The van der Waals surface area contributed by atoms with Gasteiger partial charge in [-0.3, -0.25) is 0 Å². The molecule has 3 aromatic rings. The number of hydrogen-bond acceptors (Lipinski definition) is 8. The molecule has 1 aliphatic rings. The summed E-state index contributed by atoms with van der Waals surface area (Å²) in [6.45, 7) is 3.90. The van der Waals surface area contributed by atoms with Gasteiger partial charge in [0.25, 0.3) is 0 Å². The quantitative estimate of drug-likeness (QED) is 0.380. The van der Waals surface area contributed by atoms with Crippen molar-refractivity contribution < 1.29 is 14.3 Å². The largest absolute Gasteiger partial charge is 0.508 e. The van der Waals surface area contributed by atoms with Gasteiger partial charge in [0, 0.05) is 32.5 Å². The molecule has 1 N–H and O–H groups in total. The lowest BCUT2D eigenvalue weighted by Crippen LogP contribution is -2.39. The molecule has 0 aliphatic carbocycles. The van der Waals surface area contributed by atoms with Gasteiger partial charge >= 0.3 is 6.16 Å². The predicted octanol–water partition coefficient (Wildman–Crippen LogP) is 6.41. The minimum absolute atomic E-state index is 0.169. The molecule has 7 nitrogen and oxygen atoms in total. The van der Waals surface area contributed by atoms with Crippen LogP contribution in [0.25, 0.3) is 10.2 Å². The van der Waals surface area contributed by atoms with Crippen molar-refractivity contribution >= 4 is 74.3 Å². The Bertz CT molecular complexity index is 1120. The summed E-state index contributed by atoms with van der Waals surface area (Å²) >= 11 is 19.8. The van der Waals surface area contributed by atoms with E-state index in [1.807, 2.05) is 18.2 Å². The lowest BCUT2D eigenvalue weighted by molar-refractivity contribution is 0.0183. The number of nitrogens with zero attached hydrogens (tertiary/aromatic N) is 3. The van der Waals surface area contributed by atoms with Gasteiger partial charge in [0.1, 0.15) is 16.8 Å². The van der Waals surface area contributed by atoms with Crippen molar-refractivity contribution in [3.63, 3.8) is 0 Å². The summed E-state index contributed by atoms with van der Waals surface area (Å²) in [7, 11) is 0. The van der Waals surface area contributed by atoms with E-state index in [9.17, 15) is 4.79 Å². The van der Waals surface area contributed by atoms with Crippen molar-refractivity contribution in [2.24, 2.45) is 0 Å². The maximum atomic E-state index is 11.6. The highest BCUT2D eigenvalue weighted by Gasteiger charge is 2.25. The van der Waals surface area contributed by atoms with Gasteiger partial charge in [-0.05, 0) is 30.7 Å². The highest BCUT2D eigenvalue weighted by molar-refractivity contribution is 7.22. The molecule has 11 heteroatoms. The van der Waals surface area contributed by atoms with Crippen LogP contribution in [0.4, 0.5) is 16.6 Å². The topological polar surface area (TPSA) is 76.6 Å². The Kier molecular flexibility index (Phi) is 7.45. The van der Waals surface area contributed by atoms with E-state index < -0.39 is 6.16 Å². The molecular formula is C21H21Cl3N4O3S. The van der Waals surface area contributed by atoms with Crippen LogP contribution in [0.3, 0.4) is 0 Å². The molecule has 3 heterocycles. The van der Waals surface area contributed by atoms with Gasteiger partial charge in [-0.25, -0.2) is 9.78 Å². The first-order valence-corrected chi connectivity index (χ1v) is 12.1. The fourth-order valence-electron chi connectivity index (χ4n) is 3.45. The summed E-state index contributed by atoms with van der Waals surface area (Å²) in [6.07, 6.45) is 0.567. The second-order valence-electron chi connectivity index (χ2n) is 7.23. The molecule has 0 bridgehead atoms. The van der Waals surface area contributed by atoms with Crippen molar-refractivity contribution in [3.8, 4) is 0 Å². The van der Waals surface area contributed by atoms with Crippen LogP contribution in [-0.4, -0.2) is 41.9 Å². The Labute approximate surface area is 204 Å². The van der Waals surface area contributed by atoms with E-state index in [1.165, 1.54) is 11.3 Å². The molecule has 2 aromatic heterocycles. The van der Waals surface area contributed by atoms with E-state index in [-0.39, 0.29) is 6.10 Å². The number of thiophene rings is 1. The zero-order chi connectivity index (χ0) is 22.7. The predicted molar refractivity (Wildman–Crippen MR) is 130 cm³/mol. The number of ether oxygens (including phenoxy) is 2. The molecule has 0 unspecified atom stereocenters. The first-order valence-electron chi connectivity index (χ1n) is 10.2. The van der Waals surface area contributed by atoms with Crippen LogP contribution in [0, 0.1) is 0 Å². The van der Waals surface area contributed by atoms with Crippen LogP contribution in [0.15, 0.2) is 24.3 Å². The summed E-state index contributed by atoms with van der Waals surface area (Å²) in [6, 6.07) is 7.37. The minimum atomic E-state index is -0.620. The number of piperidine rings is 1. The second-order valence-corrected chi connectivity index (χ2v) is 9.71. The van der Waals surface area contributed by atoms with E-state index >= 15 is 0 Å². The highest BCUT2D eigenvalue weighted by atomic mass is 35.5. The third-order valence-electron chi connectivity index (χ3n) is 5.04. The molecule has 4 rings (SSSR count). The lowest BCUT2D eigenvalue weighted by Gasteiger charge is -2.31. The number of rotatable bonds is 6. The fraction of sp³-hybridized carbons (Fsp3) is 0.381. The fourth-order valence-corrected chi connectivity index (χ4v) is 4.86. The maximum absolute atomic E-state index is 11.6. The summed E-state index contributed by atoms with van der Waals surface area (Å²) < 4.78 is 10.9. The SMILES string of the molecule is CCOC(=O)OC1CCN(c2nc(NCc3ccc(Cl)c(Cl)c3)c3cc(Cl)sc3n2)CC1. The second kappa shape index (κ2) is 10.3. The molecule has 0 saturated carbocycles. The van der Waals surface area contributed by atoms with Gasteiger partial charge in [-0.15, -0.1) is 11.3 Å². The molecule has 1 fully saturated rings. The molecule has 0 atom stereocenters. The van der Waals surface area contributed by atoms with Crippen molar-refractivity contribution in [3.05, 3.63) is 44.2 Å². The normalized spacial score (nSPS) is 14.6. The molecular weight excluding hydrogens is 495 g/mol. The molecule has 0 spiro atoms. The first kappa shape index (κ1) is 23.2. The summed E-state index contributed by atoms with van der Waals surface area (Å²) in [5.74, 6) is 1.31. The summed E-state index contributed by atoms with van der Waals surface area (Å²) in [5, 5.41) is 5.26. The first-order chi connectivity index (χ1) is 15.4. The third-order valence-corrected chi connectivity index (χ3v) is 6.94. The van der Waals surface area contributed by atoms with Crippen molar-refractivity contribution in [1.82, 2.24) is 9.97 Å². The van der Waals surface area contributed by atoms with Gasteiger partial charge in [0.15, 0.2) is 0 Å². The number of hydrogen-bond donors (Lipinski definition) is 1. The Morgan fingerprint density at radius 2 is 1.97 bits per heavy atom. The average molecular weight is 516 g/mol. The van der Waals surface area contributed by atoms with E-state index in [2.05, 4.69) is 10.2 Å². The number of fused-ring (bicyclic) bond motifs is 1. The van der Waals surface area contributed by atoms with E-state index in [0.717, 1.165) is 15.8 Å². The zero-order valence-electron chi connectivity index (χ0n) is 17.2. The van der Waals surface area contributed by atoms with Crippen LogP contribution in [0.5, 0.6) is 0 Å². The van der Waals surface area contributed by atoms with Crippen LogP contribution >= 0.6 is 46.1 Å². The number of carbonyl (C=O) groups excluding carboxylic acids is 1. The lowest BCUT2D eigenvalue weighted by atomic mass is 10.1. The number of carbonyl (C=O) groups is 1. The van der Waals surface area contributed by atoms with Gasteiger partial charge < -0.3 is 19.7 Å². The standard InChI is InChI=1S/C21H21Cl3N4O3S/c1-2-30-21(29)31-13-5-7-28(8-6-13)20-26-18(14-10-17(24)32-19(14)27-20)25-11-12-3-4-15(22)16(23)9-12/h3-4,9-10,13H,2,5-8,11H2,1H3,(H,25,26,27). The van der Waals surface area contributed by atoms with E-state index in [1.54, 1.807) is 13.0 Å². The molecule has 0 radical (unpaired) electrons. The monoisotopic (exact) mass is 514 g/mol. The molecule has 32 heavy (non-hydrogen) atoms. The number of aromatic nitrogens is 2. The zero-order valence-corrected chi connectivity index (χ0v) is 20.3. The molecule has 1 aliphatic heterocycles. The minimum Gasteiger partial charge on any atom is -0.435 e.